The average Bonchev–Trinajstić information content (AvgIpc) is 2.79. The highest BCUT2D eigenvalue weighted by Gasteiger charge is 2.39. The molecule has 1 aromatic carbocycles. The van der Waals surface area contributed by atoms with E-state index in [1.165, 1.54) is 12.1 Å². The minimum Gasteiger partial charge on any atom is -0.480 e. The van der Waals surface area contributed by atoms with Crippen molar-refractivity contribution in [2.45, 2.75) is 18.6 Å². The number of rotatable bonds is 3. The summed E-state index contributed by atoms with van der Waals surface area (Å²) in [5.74, 6) is -1.88. The lowest BCUT2D eigenvalue weighted by molar-refractivity contribution is -0.385. The summed E-state index contributed by atoms with van der Waals surface area (Å²) in [6.45, 7) is -0.115. The van der Waals surface area contributed by atoms with Gasteiger partial charge in [0.25, 0.3) is 11.6 Å². The number of aliphatic hydroxyl groups excluding tert-OH is 1. The molecule has 1 fully saturated rings. The van der Waals surface area contributed by atoms with Gasteiger partial charge in [-0.15, -0.1) is 0 Å². The molecular weight excluding hydrogens is 348 g/mol. The van der Waals surface area contributed by atoms with Gasteiger partial charge in [-0.3, -0.25) is 14.9 Å². The fraction of sp³-hybridized carbons (Fsp3) is 0.333. The Kier molecular flexibility index (Phi) is 4.24. The van der Waals surface area contributed by atoms with Crippen LogP contribution in [0.4, 0.5) is 5.69 Å². The zero-order chi connectivity index (χ0) is 15.7. The van der Waals surface area contributed by atoms with Crippen LogP contribution in [0.25, 0.3) is 0 Å². The van der Waals surface area contributed by atoms with Gasteiger partial charge in [0.2, 0.25) is 0 Å². The fourth-order valence-corrected chi connectivity index (χ4v) is 2.72. The molecule has 112 valence electrons. The molecule has 8 nitrogen and oxygen atoms in total. The molecule has 0 radical (unpaired) electrons. The van der Waals surface area contributed by atoms with Gasteiger partial charge < -0.3 is 15.1 Å². The third-order valence-electron chi connectivity index (χ3n) is 3.17. The summed E-state index contributed by atoms with van der Waals surface area (Å²) >= 11 is 3.07. The van der Waals surface area contributed by atoms with Crippen LogP contribution in [0.2, 0.25) is 0 Å². The van der Waals surface area contributed by atoms with Crippen LogP contribution in [0, 0.1) is 10.1 Å². The number of benzene rings is 1. The molecule has 21 heavy (non-hydrogen) atoms. The monoisotopic (exact) mass is 358 g/mol. The first-order valence-electron chi connectivity index (χ1n) is 5.96. The Morgan fingerprint density at radius 2 is 2.05 bits per heavy atom. The highest BCUT2D eigenvalue weighted by molar-refractivity contribution is 9.10. The molecule has 0 aliphatic carbocycles. The Bertz CT molecular complexity index is 620. The van der Waals surface area contributed by atoms with Crippen molar-refractivity contribution < 1.29 is 24.7 Å². The van der Waals surface area contributed by atoms with Crippen LogP contribution in [0.5, 0.6) is 0 Å². The number of carbonyl (C=O) groups is 2. The second kappa shape index (κ2) is 5.78. The number of hydrogen-bond donors (Lipinski definition) is 2. The lowest BCUT2D eigenvalue weighted by Crippen LogP contribution is -2.40. The van der Waals surface area contributed by atoms with Gasteiger partial charge in [-0.1, -0.05) is 15.9 Å². The largest absolute Gasteiger partial charge is 0.480 e. The summed E-state index contributed by atoms with van der Waals surface area (Å²) in [7, 11) is 0. The molecule has 1 unspecified atom stereocenters. The number of nitrogens with zero attached hydrogens (tertiary/aromatic N) is 2. The van der Waals surface area contributed by atoms with Crippen LogP contribution >= 0.6 is 15.9 Å². The number of nitro groups is 1. The smallest absolute Gasteiger partial charge is 0.326 e. The molecule has 1 aromatic rings. The maximum Gasteiger partial charge on any atom is 0.326 e. The molecule has 2 rings (SSSR count). The maximum atomic E-state index is 12.3. The molecule has 1 aliphatic rings. The zero-order valence-corrected chi connectivity index (χ0v) is 12.2. The lowest BCUT2D eigenvalue weighted by Gasteiger charge is -2.21. The molecule has 2 atom stereocenters. The molecule has 0 saturated carbocycles. The number of β-amino-alcohol motifs (C(OH)–C–C–N with tert-alkyl or cyclic N) is 1. The molecule has 1 heterocycles. The molecule has 2 N–H and O–H groups in total. The second-order valence-corrected chi connectivity index (χ2v) is 5.57. The highest BCUT2D eigenvalue weighted by Crippen LogP contribution is 2.25. The molecule has 0 spiro atoms. The number of carboxylic acid groups (broad SMARTS) is 1. The van der Waals surface area contributed by atoms with Gasteiger partial charge in [0.1, 0.15) is 6.04 Å². The summed E-state index contributed by atoms with van der Waals surface area (Å²) in [4.78, 5) is 34.6. The van der Waals surface area contributed by atoms with E-state index in [9.17, 15) is 24.8 Å². The number of aliphatic carboxylic acids is 1. The topological polar surface area (TPSA) is 121 Å². The van der Waals surface area contributed by atoms with E-state index in [2.05, 4.69) is 15.9 Å². The average molecular weight is 359 g/mol. The van der Waals surface area contributed by atoms with Gasteiger partial charge in [0, 0.05) is 35.1 Å². The van der Waals surface area contributed by atoms with E-state index in [4.69, 9.17) is 5.11 Å². The van der Waals surface area contributed by atoms with Crippen molar-refractivity contribution in [1.82, 2.24) is 4.90 Å². The second-order valence-electron chi connectivity index (χ2n) is 4.66. The van der Waals surface area contributed by atoms with Crippen molar-refractivity contribution in [3.8, 4) is 0 Å². The van der Waals surface area contributed by atoms with Gasteiger partial charge in [-0.25, -0.2) is 4.79 Å². The molecule has 1 saturated heterocycles. The maximum absolute atomic E-state index is 12.3. The van der Waals surface area contributed by atoms with Crippen LogP contribution < -0.4 is 0 Å². The predicted octanol–water partition coefficient (Wildman–Crippen LogP) is 1.02. The summed E-state index contributed by atoms with van der Waals surface area (Å²) in [6, 6.07) is 2.56. The quantitative estimate of drug-likeness (QED) is 0.614. The van der Waals surface area contributed by atoms with Crippen molar-refractivity contribution in [3.63, 3.8) is 0 Å². The van der Waals surface area contributed by atoms with Gasteiger partial charge in [-0.2, -0.15) is 0 Å². The van der Waals surface area contributed by atoms with Crippen molar-refractivity contribution in [3.05, 3.63) is 38.3 Å². The number of carbonyl (C=O) groups excluding carboxylic acids is 1. The van der Waals surface area contributed by atoms with Crippen LogP contribution in [0.15, 0.2) is 22.7 Å². The first-order valence-corrected chi connectivity index (χ1v) is 6.75. The first-order chi connectivity index (χ1) is 9.79. The highest BCUT2D eigenvalue weighted by atomic mass is 79.9. The van der Waals surface area contributed by atoms with Crippen molar-refractivity contribution >= 4 is 33.5 Å². The van der Waals surface area contributed by atoms with Gasteiger partial charge in [-0.05, 0) is 6.07 Å². The normalized spacial score (nSPS) is 21.3. The van der Waals surface area contributed by atoms with Crippen LogP contribution in [0.1, 0.15) is 16.8 Å². The first kappa shape index (κ1) is 15.4. The summed E-state index contributed by atoms with van der Waals surface area (Å²) in [6.07, 6.45) is -0.978. The van der Waals surface area contributed by atoms with E-state index in [1.807, 2.05) is 0 Å². The van der Waals surface area contributed by atoms with Gasteiger partial charge in [0.15, 0.2) is 0 Å². The Labute approximate surface area is 127 Å². The number of nitro benzene ring substituents is 1. The zero-order valence-electron chi connectivity index (χ0n) is 10.6. The van der Waals surface area contributed by atoms with Crippen LogP contribution in [-0.2, 0) is 4.79 Å². The van der Waals surface area contributed by atoms with Crippen molar-refractivity contribution in [1.29, 1.82) is 0 Å². The Morgan fingerprint density at radius 3 is 2.62 bits per heavy atom. The molecule has 1 amide bonds. The summed E-state index contributed by atoms with van der Waals surface area (Å²) in [5.41, 5.74) is -0.282. The van der Waals surface area contributed by atoms with E-state index in [0.29, 0.717) is 4.47 Å². The Morgan fingerprint density at radius 1 is 1.38 bits per heavy atom. The van der Waals surface area contributed by atoms with Crippen molar-refractivity contribution in [2.24, 2.45) is 0 Å². The number of aliphatic hydroxyl groups is 1. The SMILES string of the molecule is O=C(O)[C@@H]1CC(O)CN1C(=O)c1cc(Br)cc([N+](=O)[O-])c1. The van der Waals surface area contributed by atoms with Crippen LogP contribution in [-0.4, -0.2) is 50.6 Å². The van der Waals surface area contributed by atoms with Crippen LogP contribution in [0.3, 0.4) is 0 Å². The van der Waals surface area contributed by atoms with E-state index in [1.54, 1.807) is 0 Å². The molecule has 9 heteroatoms. The number of non-ortho nitro benzene ring substituents is 1. The van der Waals surface area contributed by atoms with E-state index in [-0.39, 0.29) is 24.2 Å². The molecular formula is C12H11BrN2O6. The number of amides is 1. The summed E-state index contributed by atoms with van der Waals surface area (Å²) < 4.78 is 0.340. The number of carboxylic acids is 1. The Hall–Kier alpha value is -2.00. The molecule has 0 aromatic heterocycles. The number of hydrogen-bond acceptors (Lipinski definition) is 5. The third-order valence-corrected chi connectivity index (χ3v) is 3.62. The fourth-order valence-electron chi connectivity index (χ4n) is 2.24. The minimum absolute atomic E-state index is 0.00331. The minimum atomic E-state index is -1.22. The molecule has 1 aliphatic heterocycles. The predicted molar refractivity (Wildman–Crippen MR) is 73.9 cm³/mol. The standard InChI is InChI=1S/C12H11BrN2O6/c13-7-1-6(2-8(3-7)15(20)21)11(17)14-5-9(16)4-10(14)12(18)19/h1-3,9-10,16H,4-5H2,(H,18,19)/t9?,10-/m0/s1. The third kappa shape index (κ3) is 3.19. The Balaban J connectivity index is 2.35. The van der Waals surface area contributed by atoms with Gasteiger partial charge in [0.05, 0.1) is 11.0 Å². The number of halogens is 1. The van der Waals surface area contributed by atoms with E-state index in [0.717, 1.165) is 11.0 Å². The van der Waals surface area contributed by atoms with Crippen molar-refractivity contribution in [2.75, 3.05) is 6.54 Å². The van der Waals surface area contributed by atoms with E-state index < -0.39 is 28.9 Å². The number of likely N-dealkylation sites (tertiary alicyclic amines) is 1. The summed E-state index contributed by atoms with van der Waals surface area (Å²) in [5, 5.41) is 29.4. The van der Waals surface area contributed by atoms with E-state index >= 15 is 0 Å². The molecule has 0 bridgehead atoms. The lowest BCUT2D eigenvalue weighted by atomic mass is 10.1. The van der Waals surface area contributed by atoms with Gasteiger partial charge >= 0.3 is 5.97 Å².